The van der Waals surface area contributed by atoms with Crippen molar-refractivity contribution in [1.29, 1.82) is 0 Å². The summed E-state index contributed by atoms with van der Waals surface area (Å²) in [5.74, 6) is -0.110. The summed E-state index contributed by atoms with van der Waals surface area (Å²) in [7, 11) is 0. The molecule has 1 fully saturated rings. The first-order chi connectivity index (χ1) is 8.16. The lowest BCUT2D eigenvalue weighted by atomic mass is 9.91. The lowest BCUT2D eigenvalue weighted by molar-refractivity contribution is -0.122. The Morgan fingerprint density at radius 3 is 3.00 bits per heavy atom. The molecule has 0 amide bonds. The summed E-state index contributed by atoms with van der Waals surface area (Å²) in [6.07, 6.45) is 2.27. The third kappa shape index (κ3) is 3.27. The first-order valence-electron chi connectivity index (χ1n) is 5.84. The molecule has 17 heavy (non-hydrogen) atoms. The highest BCUT2D eigenvalue weighted by Gasteiger charge is 2.21. The SMILES string of the molecule is O=C(Cc1ccc(F)cc1Cl)C1CCCNC1. The number of ketones is 1. The van der Waals surface area contributed by atoms with Crippen molar-refractivity contribution in [2.45, 2.75) is 19.3 Å². The van der Waals surface area contributed by atoms with Gasteiger partial charge < -0.3 is 5.32 Å². The van der Waals surface area contributed by atoms with Gasteiger partial charge in [0.2, 0.25) is 0 Å². The molecular formula is C13H15ClFNO. The van der Waals surface area contributed by atoms with Gasteiger partial charge in [-0.2, -0.15) is 0 Å². The molecule has 1 aromatic carbocycles. The Morgan fingerprint density at radius 1 is 1.53 bits per heavy atom. The van der Waals surface area contributed by atoms with Crippen LogP contribution in [0.15, 0.2) is 18.2 Å². The number of halogens is 2. The van der Waals surface area contributed by atoms with Crippen molar-refractivity contribution in [3.63, 3.8) is 0 Å². The van der Waals surface area contributed by atoms with Crippen molar-refractivity contribution in [3.8, 4) is 0 Å². The highest BCUT2D eigenvalue weighted by atomic mass is 35.5. The fourth-order valence-corrected chi connectivity index (χ4v) is 2.36. The van der Waals surface area contributed by atoms with Crippen LogP contribution in [0.1, 0.15) is 18.4 Å². The lowest BCUT2D eigenvalue weighted by Crippen LogP contribution is -2.35. The van der Waals surface area contributed by atoms with Crippen LogP contribution >= 0.6 is 11.6 Å². The molecule has 1 aliphatic rings. The van der Waals surface area contributed by atoms with Gasteiger partial charge in [0.25, 0.3) is 0 Å². The number of piperidine rings is 1. The van der Waals surface area contributed by atoms with Crippen LogP contribution in [0.3, 0.4) is 0 Å². The molecule has 1 aromatic rings. The Morgan fingerprint density at radius 2 is 2.35 bits per heavy atom. The van der Waals surface area contributed by atoms with Crippen LogP contribution < -0.4 is 5.32 Å². The van der Waals surface area contributed by atoms with E-state index >= 15 is 0 Å². The third-order valence-electron chi connectivity index (χ3n) is 3.13. The highest BCUT2D eigenvalue weighted by molar-refractivity contribution is 6.31. The van der Waals surface area contributed by atoms with Crippen molar-refractivity contribution in [2.75, 3.05) is 13.1 Å². The van der Waals surface area contributed by atoms with Crippen LogP contribution in [0.5, 0.6) is 0 Å². The molecule has 1 heterocycles. The first-order valence-corrected chi connectivity index (χ1v) is 6.22. The van der Waals surface area contributed by atoms with Gasteiger partial charge in [0, 0.05) is 23.9 Å². The lowest BCUT2D eigenvalue weighted by Gasteiger charge is -2.21. The van der Waals surface area contributed by atoms with Gasteiger partial charge in [-0.05, 0) is 37.1 Å². The fourth-order valence-electron chi connectivity index (χ4n) is 2.12. The van der Waals surface area contributed by atoms with E-state index in [9.17, 15) is 9.18 Å². The summed E-state index contributed by atoms with van der Waals surface area (Å²) in [6.45, 7) is 1.73. The van der Waals surface area contributed by atoms with E-state index in [4.69, 9.17) is 11.6 Å². The van der Waals surface area contributed by atoms with Gasteiger partial charge >= 0.3 is 0 Å². The second-order valence-corrected chi connectivity index (χ2v) is 4.83. The second kappa shape index (κ2) is 5.61. The Kier molecular flexibility index (Phi) is 4.13. The van der Waals surface area contributed by atoms with Crippen LogP contribution in [0, 0.1) is 11.7 Å². The predicted octanol–water partition coefficient (Wildman–Crippen LogP) is 2.59. The van der Waals surface area contributed by atoms with E-state index in [0.717, 1.165) is 25.9 Å². The van der Waals surface area contributed by atoms with Crippen LogP contribution in [0.2, 0.25) is 5.02 Å². The molecule has 1 saturated heterocycles. The summed E-state index contributed by atoms with van der Waals surface area (Å²) < 4.78 is 12.9. The maximum absolute atomic E-state index is 12.9. The minimum atomic E-state index is -0.370. The highest BCUT2D eigenvalue weighted by Crippen LogP contribution is 2.20. The topological polar surface area (TPSA) is 29.1 Å². The van der Waals surface area contributed by atoms with E-state index in [1.165, 1.54) is 12.1 Å². The predicted molar refractivity (Wildman–Crippen MR) is 65.7 cm³/mol. The van der Waals surface area contributed by atoms with E-state index in [0.29, 0.717) is 17.0 Å². The zero-order chi connectivity index (χ0) is 12.3. The summed E-state index contributed by atoms with van der Waals surface area (Å²) in [5, 5.41) is 3.55. The number of rotatable bonds is 3. The molecule has 0 radical (unpaired) electrons. The van der Waals surface area contributed by atoms with Crippen molar-refractivity contribution in [2.24, 2.45) is 5.92 Å². The van der Waals surface area contributed by atoms with Gasteiger partial charge in [-0.1, -0.05) is 17.7 Å². The molecule has 2 rings (SSSR count). The van der Waals surface area contributed by atoms with Gasteiger partial charge in [0.15, 0.2) is 0 Å². The van der Waals surface area contributed by atoms with E-state index in [1.807, 2.05) is 0 Å². The maximum Gasteiger partial charge on any atom is 0.141 e. The molecule has 4 heteroatoms. The third-order valence-corrected chi connectivity index (χ3v) is 3.48. The van der Waals surface area contributed by atoms with Crippen molar-refractivity contribution < 1.29 is 9.18 Å². The Hall–Kier alpha value is -0.930. The van der Waals surface area contributed by atoms with Crippen molar-refractivity contribution in [3.05, 3.63) is 34.6 Å². The smallest absolute Gasteiger partial charge is 0.141 e. The average molecular weight is 256 g/mol. The first kappa shape index (κ1) is 12.5. The zero-order valence-electron chi connectivity index (χ0n) is 9.51. The normalized spacial score (nSPS) is 20.2. The fraction of sp³-hybridized carbons (Fsp3) is 0.462. The second-order valence-electron chi connectivity index (χ2n) is 4.42. The molecule has 1 aliphatic heterocycles. The van der Waals surface area contributed by atoms with Gasteiger partial charge in [0.1, 0.15) is 11.6 Å². The molecule has 0 bridgehead atoms. The number of carbonyl (C=O) groups is 1. The summed E-state index contributed by atoms with van der Waals surface area (Å²) in [5.41, 5.74) is 0.712. The van der Waals surface area contributed by atoms with Crippen molar-refractivity contribution >= 4 is 17.4 Å². The molecule has 1 atom stereocenters. The summed E-state index contributed by atoms with van der Waals surface area (Å²) >= 11 is 5.90. The monoisotopic (exact) mass is 255 g/mol. The molecule has 0 spiro atoms. The molecule has 0 saturated carbocycles. The number of hydrogen-bond acceptors (Lipinski definition) is 2. The Balaban J connectivity index is 2.02. The molecule has 0 aliphatic carbocycles. The summed E-state index contributed by atoms with van der Waals surface area (Å²) in [4.78, 5) is 12.0. The molecule has 1 unspecified atom stereocenters. The van der Waals surface area contributed by atoms with E-state index in [-0.39, 0.29) is 17.5 Å². The zero-order valence-corrected chi connectivity index (χ0v) is 10.3. The van der Waals surface area contributed by atoms with Crippen LogP contribution in [-0.4, -0.2) is 18.9 Å². The molecule has 92 valence electrons. The standard InChI is InChI=1S/C13H15ClFNO/c14-12-7-11(15)4-3-9(12)6-13(17)10-2-1-5-16-8-10/h3-4,7,10,16H,1-2,5-6,8H2. The minimum absolute atomic E-state index is 0.0740. The molecule has 0 aromatic heterocycles. The van der Waals surface area contributed by atoms with E-state index < -0.39 is 0 Å². The van der Waals surface area contributed by atoms with Gasteiger partial charge in [0.05, 0.1) is 0 Å². The van der Waals surface area contributed by atoms with E-state index in [2.05, 4.69) is 5.32 Å². The summed E-state index contributed by atoms with van der Waals surface area (Å²) in [6, 6.07) is 4.18. The van der Waals surface area contributed by atoms with Gasteiger partial charge in [-0.15, -0.1) is 0 Å². The number of benzene rings is 1. The van der Waals surface area contributed by atoms with Gasteiger partial charge in [-0.25, -0.2) is 4.39 Å². The quantitative estimate of drug-likeness (QED) is 0.900. The minimum Gasteiger partial charge on any atom is -0.316 e. The van der Waals surface area contributed by atoms with Gasteiger partial charge in [-0.3, -0.25) is 4.79 Å². The van der Waals surface area contributed by atoms with Crippen LogP contribution in [-0.2, 0) is 11.2 Å². The molecule has 1 N–H and O–H groups in total. The van der Waals surface area contributed by atoms with Crippen molar-refractivity contribution in [1.82, 2.24) is 5.32 Å². The number of hydrogen-bond donors (Lipinski definition) is 1. The number of carbonyl (C=O) groups excluding carboxylic acids is 1. The average Bonchev–Trinajstić information content (AvgIpc) is 2.34. The van der Waals surface area contributed by atoms with Crippen LogP contribution in [0.4, 0.5) is 4.39 Å². The number of Topliss-reactive ketones (excluding diaryl/α,β-unsaturated/α-hetero) is 1. The molecule has 2 nitrogen and oxygen atoms in total. The van der Waals surface area contributed by atoms with E-state index in [1.54, 1.807) is 6.07 Å². The largest absolute Gasteiger partial charge is 0.316 e. The molecular weight excluding hydrogens is 241 g/mol. The number of nitrogens with one attached hydrogen (secondary N) is 1. The Labute approximate surface area is 105 Å². The maximum atomic E-state index is 12.9. The van der Waals surface area contributed by atoms with Crippen LogP contribution in [0.25, 0.3) is 0 Å². The Bertz CT molecular complexity index is 416.